The van der Waals surface area contributed by atoms with E-state index in [1.54, 1.807) is 24.3 Å². The van der Waals surface area contributed by atoms with Gasteiger partial charge in [0.25, 0.3) is 0 Å². The predicted octanol–water partition coefficient (Wildman–Crippen LogP) is 2.97. The highest BCUT2D eigenvalue weighted by Crippen LogP contribution is 2.37. The van der Waals surface area contributed by atoms with Gasteiger partial charge in [-0.3, -0.25) is 14.6 Å². The Bertz CT molecular complexity index is 1250. The number of phenols is 2. The fraction of sp³-hybridized carbons (Fsp3) is 0.0455. The first-order valence-corrected chi connectivity index (χ1v) is 8.79. The second-order valence-corrected chi connectivity index (χ2v) is 6.69. The lowest BCUT2D eigenvalue weighted by atomic mass is 9.89. The van der Waals surface area contributed by atoms with Gasteiger partial charge in [0.05, 0.1) is 17.5 Å². The number of aromatic hydroxyl groups is 2. The monoisotopic (exact) mass is 387 g/mol. The van der Waals surface area contributed by atoms with Gasteiger partial charge in [-0.05, 0) is 42.0 Å². The summed E-state index contributed by atoms with van der Waals surface area (Å²) in [5, 5.41) is 21.0. The summed E-state index contributed by atoms with van der Waals surface area (Å²) in [6.07, 6.45) is 3.96. The summed E-state index contributed by atoms with van der Waals surface area (Å²) in [6, 6.07) is 9.28. The van der Waals surface area contributed by atoms with Crippen molar-refractivity contribution in [3.63, 3.8) is 0 Å². The van der Waals surface area contributed by atoms with Crippen LogP contribution in [0.25, 0.3) is 10.8 Å². The summed E-state index contributed by atoms with van der Waals surface area (Å²) in [5.74, 6) is -0.693. The zero-order chi connectivity index (χ0) is 20.7. The van der Waals surface area contributed by atoms with Crippen LogP contribution in [0.2, 0.25) is 0 Å². The molecule has 3 aromatic carbocycles. The first-order valence-electron chi connectivity index (χ1n) is 8.79. The molecule has 0 saturated carbocycles. The Morgan fingerprint density at radius 3 is 2.14 bits per heavy atom. The van der Waals surface area contributed by atoms with Crippen molar-refractivity contribution >= 4 is 39.9 Å². The van der Waals surface area contributed by atoms with E-state index in [1.165, 1.54) is 30.5 Å². The van der Waals surface area contributed by atoms with Gasteiger partial charge in [-0.25, -0.2) is 0 Å². The van der Waals surface area contributed by atoms with E-state index in [-0.39, 0.29) is 46.4 Å². The highest BCUT2D eigenvalue weighted by molar-refractivity contribution is 6.24. The molecule has 0 aromatic heterocycles. The maximum absolute atomic E-state index is 12.3. The van der Waals surface area contributed by atoms with Gasteiger partial charge in [0, 0.05) is 34.1 Å². The minimum absolute atomic E-state index is 0.0395. The number of nitrogens with zero attached hydrogens (tertiary/aromatic N) is 1. The predicted molar refractivity (Wildman–Crippen MR) is 112 cm³/mol. The summed E-state index contributed by atoms with van der Waals surface area (Å²) in [4.78, 5) is 28.8. The molecule has 7 nitrogen and oxygen atoms in total. The van der Waals surface area contributed by atoms with Crippen LogP contribution in [0.5, 0.6) is 11.5 Å². The van der Waals surface area contributed by atoms with Crippen LogP contribution in [0.3, 0.4) is 0 Å². The summed E-state index contributed by atoms with van der Waals surface area (Å²) in [5.41, 5.74) is 14.0. The van der Waals surface area contributed by atoms with Gasteiger partial charge in [-0.15, -0.1) is 0 Å². The van der Waals surface area contributed by atoms with Crippen LogP contribution in [-0.4, -0.2) is 28.0 Å². The maximum atomic E-state index is 12.3. The fourth-order valence-electron chi connectivity index (χ4n) is 3.52. The van der Waals surface area contributed by atoms with Crippen LogP contribution in [-0.2, 0) is 6.54 Å². The average Bonchev–Trinajstić information content (AvgIpc) is 2.70. The molecule has 0 fully saturated rings. The number of fused-ring (bicyclic) bond motifs is 2. The SMILES string of the molecule is Nc1ccc(CN=Cc2ccc(N)c3c(O)ccc(O)c23)c2c1C(=O)C=CC2=O. The number of ketones is 2. The first kappa shape index (κ1) is 18.2. The minimum Gasteiger partial charge on any atom is -0.507 e. The van der Waals surface area contributed by atoms with E-state index in [9.17, 15) is 19.8 Å². The van der Waals surface area contributed by atoms with E-state index < -0.39 is 0 Å². The molecule has 0 saturated heterocycles. The number of hydrogen-bond acceptors (Lipinski definition) is 7. The molecule has 7 heteroatoms. The van der Waals surface area contributed by atoms with Gasteiger partial charge < -0.3 is 21.7 Å². The lowest BCUT2D eigenvalue weighted by molar-refractivity contribution is 0.0994. The summed E-state index contributed by atoms with van der Waals surface area (Å²) in [7, 11) is 0. The van der Waals surface area contributed by atoms with Gasteiger partial charge >= 0.3 is 0 Å². The molecule has 0 aliphatic heterocycles. The van der Waals surface area contributed by atoms with Crippen molar-refractivity contribution in [3.8, 4) is 11.5 Å². The molecular weight excluding hydrogens is 370 g/mol. The van der Waals surface area contributed by atoms with Crippen molar-refractivity contribution in [1.29, 1.82) is 0 Å². The summed E-state index contributed by atoms with van der Waals surface area (Å²) < 4.78 is 0. The Morgan fingerprint density at radius 2 is 1.41 bits per heavy atom. The Hall–Kier alpha value is -4.13. The zero-order valence-corrected chi connectivity index (χ0v) is 15.2. The van der Waals surface area contributed by atoms with Crippen LogP contribution in [0.15, 0.2) is 53.5 Å². The molecule has 3 aromatic rings. The second kappa shape index (κ2) is 6.79. The molecule has 0 atom stereocenters. The second-order valence-electron chi connectivity index (χ2n) is 6.69. The number of aliphatic imine (C=N–C) groups is 1. The third-order valence-electron chi connectivity index (χ3n) is 4.88. The topological polar surface area (TPSA) is 139 Å². The molecule has 29 heavy (non-hydrogen) atoms. The number of anilines is 2. The third kappa shape index (κ3) is 2.98. The lowest BCUT2D eigenvalue weighted by Crippen LogP contribution is -2.16. The fourth-order valence-corrected chi connectivity index (χ4v) is 3.52. The van der Waals surface area contributed by atoms with E-state index in [2.05, 4.69) is 4.99 Å². The molecule has 0 radical (unpaired) electrons. The third-order valence-corrected chi connectivity index (χ3v) is 4.88. The standard InChI is InChI=1S/C22H17N3O4/c23-13-3-1-11(19-15(26)5-7-17(28)21(13)19)9-25-10-12-2-4-14(24)22-18(29)8-6-16(27)20(12)22/h1-9,26,28H,10,23-24H2. The van der Waals surface area contributed by atoms with Crippen LogP contribution >= 0.6 is 0 Å². The lowest BCUT2D eigenvalue weighted by Gasteiger charge is -2.15. The van der Waals surface area contributed by atoms with E-state index in [0.717, 1.165) is 0 Å². The van der Waals surface area contributed by atoms with Crippen LogP contribution in [0, 0.1) is 0 Å². The number of benzene rings is 3. The van der Waals surface area contributed by atoms with Crippen molar-refractivity contribution in [2.75, 3.05) is 11.5 Å². The molecule has 0 bridgehead atoms. The summed E-state index contributed by atoms with van der Waals surface area (Å²) in [6.45, 7) is 0.126. The number of hydrogen-bond donors (Lipinski definition) is 4. The van der Waals surface area contributed by atoms with Crippen molar-refractivity contribution in [1.82, 2.24) is 0 Å². The molecule has 0 amide bonds. The smallest absolute Gasteiger partial charge is 0.188 e. The van der Waals surface area contributed by atoms with Gasteiger partial charge in [0.2, 0.25) is 0 Å². The number of rotatable bonds is 3. The van der Waals surface area contributed by atoms with Gasteiger partial charge in [-0.1, -0.05) is 12.1 Å². The van der Waals surface area contributed by atoms with Crippen molar-refractivity contribution in [2.24, 2.45) is 4.99 Å². The van der Waals surface area contributed by atoms with Crippen LogP contribution in [0.1, 0.15) is 31.8 Å². The number of allylic oxidation sites excluding steroid dienone is 2. The largest absolute Gasteiger partial charge is 0.507 e. The minimum atomic E-state index is -0.312. The van der Waals surface area contributed by atoms with Crippen LogP contribution < -0.4 is 11.5 Å². The molecule has 0 spiro atoms. The van der Waals surface area contributed by atoms with Crippen molar-refractivity contribution < 1.29 is 19.8 Å². The highest BCUT2D eigenvalue weighted by Gasteiger charge is 2.24. The average molecular weight is 387 g/mol. The van der Waals surface area contributed by atoms with E-state index in [1.807, 2.05) is 0 Å². The molecule has 6 N–H and O–H groups in total. The Labute approximate surface area is 165 Å². The van der Waals surface area contributed by atoms with Gasteiger partial charge in [0.15, 0.2) is 11.6 Å². The van der Waals surface area contributed by atoms with Gasteiger partial charge in [-0.2, -0.15) is 0 Å². The molecule has 4 rings (SSSR count). The summed E-state index contributed by atoms with van der Waals surface area (Å²) >= 11 is 0. The Morgan fingerprint density at radius 1 is 0.793 bits per heavy atom. The molecule has 0 unspecified atom stereocenters. The number of carbonyl (C=O) groups is 2. The Kier molecular flexibility index (Phi) is 4.27. The molecule has 144 valence electrons. The van der Waals surface area contributed by atoms with E-state index in [0.29, 0.717) is 27.6 Å². The Balaban J connectivity index is 1.75. The molecule has 0 heterocycles. The normalized spacial score (nSPS) is 13.4. The number of carbonyl (C=O) groups excluding carboxylic acids is 2. The van der Waals surface area contributed by atoms with Crippen molar-refractivity contribution in [3.05, 3.63) is 70.8 Å². The van der Waals surface area contributed by atoms with E-state index in [4.69, 9.17) is 11.5 Å². The number of nitrogen functional groups attached to an aromatic ring is 2. The molecule has 1 aliphatic rings. The first-order chi connectivity index (χ1) is 13.9. The molecular formula is C22H17N3O4. The van der Waals surface area contributed by atoms with E-state index >= 15 is 0 Å². The zero-order valence-electron chi connectivity index (χ0n) is 15.2. The van der Waals surface area contributed by atoms with Gasteiger partial charge in [0.1, 0.15) is 11.5 Å². The quantitative estimate of drug-likeness (QED) is 0.309. The van der Waals surface area contributed by atoms with Crippen LogP contribution in [0.4, 0.5) is 11.4 Å². The highest BCUT2D eigenvalue weighted by atomic mass is 16.3. The van der Waals surface area contributed by atoms with Crippen molar-refractivity contribution in [2.45, 2.75) is 6.54 Å². The molecule has 1 aliphatic carbocycles. The number of nitrogens with two attached hydrogens (primary N) is 2. The number of phenolic OH excluding ortho intramolecular Hbond substituents is 2. The maximum Gasteiger partial charge on any atom is 0.188 e.